The fourth-order valence-electron chi connectivity index (χ4n) is 2.36. The first-order valence-corrected chi connectivity index (χ1v) is 9.08. The van der Waals surface area contributed by atoms with Crippen LogP contribution in [0.15, 0.2) is 62.7 Å². The number of hydrogen-bond acceptors (Lipinski definition) is 7. The number of esters is 1. The van der Waals surface area contributed by atoms with Crippen LogP contribution in [-0.4, -0.2) is 30.4 Å². The Morgan fingerprint density at radius 2 is 2.12 bits per heavy atom. The zero-order valence-corrected chi connectivity index (χ0v) is 16.0. The molecule has 1 aliphatic heterocycles. The SMILES string of the molecule is CN1/C(=C(\C#N)C(=O)COC(=O)c2cncc(Br)c2)Sc2ccccc21. The number of hydrogen-bond donors (Lipinski definition) is 0. The van der Waals surface area contributed by atoms with Gasteiger partial charge < -0.3 is 9.64 Å². The first-order chi connectivity index (χ1) is 12.5. The molecule has 1 aromatic heterocycles. The molecule has 1 aliphatic rings. The number of Topliss-reactive ketones (excluding diaryl/α,β-unsaturated/α-hetero) is 1. The number of anilines is 1. The van der Waals surface area contributed by atoms with Gasteiger partial charge in [0, 0.05) is 28.8 Å². The third-order valence-corrected chi connectivity index (χ3v) is 5.29. The van der Waals surface area contributed by atoms with Crippen LogP contribution in [-0.2, 0) is 9.53 Å². The first-order valence-electron chi connectivity index (χ1n) is 7.47. The highest BCUT2D eigenvalue weighted by Crippen LogP contribution is 2.46. The summed E-state index contributed by atoms with van der Waals surface area (Å²) >= 11 is 4.56. The highest BCUT2D eigenvalue weighted by Gasteiger charge is 2.28. The van der Waals surface area contributed by atoms with Crippen LogP contribution in [0, 0.1) is 11.3 Å². The minimum Gasteiger partial charge on any atom is -0.454 e. The molecule has 0 bridgehead atoms. The summed E-state index contributed by atoms with van der Waals surface area (Å²) < 4.78 is 5.66. The van der Waals surface area contributed by atoms with Gasteiger partial charge in [-0.3, -0.25) is 9.78 Å². The van der Waals surface area contributed by atoms with Crippen molar-refractivity contribution in [3.8, 4) is 6.07 Å². The molecule has 0 aliphatic carbocycles. The Morgan fingerprint density at radius 3 is 2.81 bits per heavy atom. The van der Waals surface area contributed by atoms with Crippen LogP contribution in [0.25, 0.3) is 0 Å². The number of nitrogens with zero attached hydrogens (tertiary/aromatic N) is 3. The van der Waals surface area contributed by atoms with E-state index in [9.17, 15) is 14.9 Å². The molecule has 8 heteroatoms. The lowest BCUT2D eigenvalue weighted by Crippen LogP contribution is -2.20. The monoisotopic (exact) mass is 429 g/mol. The molecular formula is C18H12BrN3O3S. The van der Waals surface area contributed by atoms with Gasteiger partial charge in [-0.25, -0.2) is 4.79 Å². The Morgan fingerprint density at radius 1 is 1.35 bits per heavy atom. The van der Waals surface area contributed by atoms with Crippen molar-refractivity contribution >= 4 is 45.1 Å². The van der Waals surface area contributed by atoms with Gasteiger partial charge in [0.25, 0.3) is 0 Å². The van der Waals surface area contributed by atoms with Crippen molar-refractivity contribution in [3.05, 3.63) is 63.4 Å². The van der Waals surface area contributed by atoms with Gasteiger partial charge in [-0.15, -0.1) is 0 Å². The Hall–Kier alpha value is -2.63. The number of rotatable bonds is 4. The average molecular weight is 430 g/mol. The van der Waals surface area contributed by atoms with E-state index in [1.54, 1.807) is 18.0 Å². The fraction of sp³-hybridized carbons (Fsp3) is 0.111. The lowest BCUT2D eigenvalue weighted by atomic mass is 10.2. The quantitative estimate of drug-likeness (QED) is 0.417. The molecule has 0 atom stereocenters. The predicted molar refractivity (Wildman–Crippen MR) is 101 cm³/mol. The summed E-state index contributed by atoms with van der Waals surface area (Å²) in [6, 6.07) is 11.1. The van der Waals surface area contributed by atoms with Gasteiger partial charge in [0.05, 0.1) is 11.3 Å². The second-order valence-corrected chi connectivity index (χ2v) is 7.26. The van der Waals surface area contributed by atoms with Crippen molar-refractivity contribution in [2.75, 3.05) is 18.6 Å². The molecule has 26 heavy (non-hydrogen) atoms. The van der Waals surface area contributed by atoms with Gasteiger partial charge >= 0.3 is 5.97 Å². The number of carbonyl (C=O) groups excluding carboxylic acids is 2. The number of benzene rings is 1. The number of ketones is 1. The maximum Gasteiger partial charge on any atom is 0.340 e. The molecule has 0 fully saturated rings. The third kappa shape index (κ3) is 3.64. The maximum absolute atomic E-state index is 12.4. The van der Waals surface area contributed by atoms with Gasteiger partial charge in [0.1, 0.15) is 16.7 Å². The number of carbonyl (C=O) groups is 2. The number of nitriles is 1. The average Bonchev–Trinajstić information content (AvgIpc) is 2.97. The zero-order chi connectivity index (χ0) is 18.7. The zero-order valence-electron chi connectivity index (χ0n) is 13.6. The summed E-state index contributed by atoms with van der Waals surface area (Å²) in [7, 11) is 1.79. The molecule has 2 heterocycles. The van der Waals surface area contributed by atoms with Crippen molar-refractivity contribution in [2.24, 2.45) is 0 Å². The molecule has 0 amide bonds. The number of halogens is 1. The molecule has 130 valence electrons. The maximum atomic E-state index is 12.4. The Labute approximate surface area is 162 Å². The van der Waals surface area contributed by atoms with Crippen LogP contribution < -0.4 is 4.90 Å². The molecule has 0 spiro atoms. The normalized spacial score (nSPS) is 14.4. The minimum absolute atomic E-state index is 0.0335. The lowest BCUT2D eigenvalue weighted by Gasteiger charge is -2.14. The number of aromatic nitrogens is 1. The van der Waals surface area contributed by atoms with E-state index in [2.05, 4.69) is 20.9 Å². The number of pyridine rings is 1. The van der Waals surface area contributed by atoms with Crippen LogP contribution in [0.1, 0.15) is 10.4 Å². The molecule has 2 aromatic rings. The summed E-state index contributed by atoms with van der Waals surface area (Å²) in [6.45, 7) is -0.511. The molecule has 0 unspecified atom stereocenters. The van der Waals surface area contributed by atoms with E-state index in [4.69, 9.17) is 4.74 Å². The van der Waals surface area contributed by atoms with E-state index in [1.165, 1.54) is 24.2 Å². The third-order valence-electron chi connectivity index (χ3n) is 3.62. The van der Waals surface area contributed by atoms with Crippen molar-refractivity contribution < 1.29 is 14.3 Å². The Kier molecular flexibility index (Phi) is 5.40. The molecule has 0 N–H and O–H groups in total. The van der Waals surface area contributed by atoms with Crippen molar-refractivity contribution in [1.82, 2.24) is 4.98 Å². The summed E-state index contributed by atoms with van der Waals surface area (Å²) in [6.07, 6.45) is 2.88. The van der Waals surface area contributed by atoms with Crippen LogP contribution in [0.5, 0.6) is 0 Å². The minimum atomic E-state index is -0.676. The highest BCUT2D eigenvalue weighted by molar-refractivity contribution is 9.10. The van der Waals surface area contributed by atoms with Crippen LogP contribution in [0.3, 0.4) is 0 Å². The molecule has 0 saturated carbocycles. The summed E-state index contributed by atoms with van der Waals surface area (Å²) in [5, 5.41) is 9.97. The predicted octanol–water partition coefficient (Wildman–Crippen LogP) is 3.55. The van der Waals surface area contributed by atoms with Crippen LogP contribution >= 0.6 is 27.7 Å². The largest absolute Gasteiger partial charge is 0.454 e. The highest BCUT2D eigenvalue weighted by atomic mass is 79.9. The second-order valence-electron chi connectivity index (χ2n) is 5.31. The van der Waals surface area contributed by atoms with E-state index in [0.29, 0.717) is 9.50 Å². The summed E-state index contributed by atoms with van der Waals surface area (Å²) in [5.41, 5.74) is 1.11. The lowest BCUT2D eigenvalue weighted by molar-refractivity contribution is -0.118. The van der Waals surface area contributed by atoms with Gasteiger partial charge in [0.15, 0.2) is 6.61 Å². The number of fused-ring (bicyclic) bond motifs is 1. The van der Waals surface area contributed by atoms with Crippen LogP contribution in [0.4, 0.5) is 5.69 Å². The van der Waals surface area contributed by atoms with Gasteiger partial charge in [-0.2, -0.15) is 5.26 Å². The van der Waals surface area contributed by atoms with Crippen molar-refractivity contribution in [2.45, 2.75) is 4.90 Å². The van der Waals surface area contributed by atoms with E-state index < -0.39 is 18.4 Å². The summed E-state index contributed by atoms with van der Waals surface area (Å²) in [5.74, 6) is -1.23. The van der Waals surface area contributed by atoms with E-state index in [-0.39, 0.29) is 11.1 Å². The van der Waals surface area contributed by atoms with Crippen LogP contribution in [0.2, 0.25) is 0 Å². The van der Waals surface area contributed by atoms with E-state index in [1.807, 2.05) is 30.3 Å². The Balaban J connectivity index is 1.75. The number of thioether (sulfide) groups is 1. The smallest absolute Gasteiger partial charge is 0.340 e. The van der Waals surface area contributed by atoms with E-state index in [0.717, 1.165) is 10.6 Å². The van der Waals surface area contributed by atoms with Crippen molar-refractivity contribution in [3.63, 3.8) is 0 Å². The topological polar surface area (TPSA) is 83.3 Å². The molecule has 0 saturated heterocycles. The first kappa shape index (κ1) is 18.2. The molecule has 6 nitrogen and oxygen atoms in total. The second kappa shape index (κ2) is 7.72. The van der Waals surface area contributed by atoms with Gasteiger partial charge in [0.2, 0.25) is 5.78 Å². The molecule has 1 aromatic carbocycles. The molecular weight excluding hydrogens is 418 g/mol. The Bertz CT molecular complexity index is 968. The summed E-state index contributed by atoms with van der Waals surface area (Å²) in [4.78, 5) is 31.1. The number of para-hydroxylation sites is 1. The molecule has 3 rings (SSSR count). The van der Waals surface area contributed by atoms with Gasteiger partial charge in [-0.05, 0) is 34.1 Å². The molecule has 0 radical (unpaired) electrons. The van der Waals surface area contributed by atoms with Gasteiger partial charge in [-0.1, -0.05) is 23.9 Å². The fourth-order valence-corrected chi connectivity index (χ4v) is 3.89. The van der Waals surface area contributed by atoms with E-state index >= 15 is 0 Å². The number of ether oxygens (including phenoxy) is 1. The standard InChI is InChI=1S/C18H12BrN3O3S/c1-22-14-4-2-3-5-16(14)26-17(22)13(7-20)15(23)10-25-18(24)11-6-12(19)9-21-8-11/h2-6,8-9H,10H2,1H3/b17-13-. The van der Waals surface area contributed by atoms with Crippen molar-refractivity contribution in [1.29, 1.82) is 5.26 Å².